The second-order valence-electron chi connectivity index (χ2n) is 6.21. The fraction of sp³-hybridized carbons (Fsp3) is 0.353. The number of hydrogen-bond donors (Lipinski definition) is 0. The van der Waals surface area contributed by atoms with E-state index in [1.807, 2.05) is 45.9 Å². The molecule has 0 atom stereocenters. The average molecular weight is 297 g/mol. The highest BCUT2D eigenvalue weighted by Gasteiger charge is 2.17. The summed E-state index contributed by atoms with van der Waals surface area (Å²) < 4.78 is 6.81. The zero-order valence-corrected chi connectivity index (χ0v) is 13.3. The van der Waals surface area contributed by atoms with E-state index in [-0.39, 0.29) is 12.5 Å². The number of aryl methyl sites for hydroxylation is 1. The molecular formula is C17H19N3O2. The maximum Gasteiger partial charge on any atom is 0.328 e. The molecule has 0 spiro atoms. The van der Waals surface area contributed by atoms with Crippen LogP contribution in [0.25, 0.3) is 11.1 Å². The maximum atomic E-state index is 11.8. The maximum absolute atomic E-state index is 11.8. The molecule has 2 aromatic rings. The number of benzene rings is 1. The average Bonchev–Trinajstić information content (AvgIpc) is 2.84. The van der Waals surface area contributed by atoms with Crippen molar-refractivity contribution in [3.8, 4) is 17.2 Å². The van der Waals surface area contributed by atoms with Gasteiger partial charge in [0.2, 0.25) is 0 Å². The van der Waals surface area contributed by atoms with Crippen molar-refractivity contribution >= 4 is 5.97 Å². The van der Waals surface area contributed by atoms with E-state index in [1.165, 1.54) is 4.68 Å². The van der Waals surface area contributed by atoms with Crippen molar-refractivity contribution in [2.45, 2.75) is 39.8 Å². The van der Waals surface area contributed by atoms with Gasteiger partial charge in [0.15, 0.2) is 0 Å². The molecule has 22 heavy (non-hydrogen) atoms. The molecule has 1 aromatic heterocycles. The van der Waals surface area contributed by atoms with Crippen molar-refractivity contribution in [1.82, 2.24) is 9.78 Å². The second-order valence-corrected chi connectivity index (χ2v) is 6.21. The molecule has 5 nitrogen and oxygen atoms in total. The van der Waals surface area contributed by atoms with Crippen LogP contribution in [-0.2, 0) is 16.1 Å². The number of carbonyl (C=O) groups excluding carboxylic acids is 1. The van der Waals surface area contributed by atoms with E-state index in [4.69, 9.17) is 10.00 Å². The molecule has 1 aromatic carbocycles. The van der Waals surface area contributed by atoms with Crippen LogP contribution in [0.3, 0.4) is 0 Å². The van der Waals surface area contributed by atoms with Crippen molar-refractivity contribution in [3.63, 3.8) is 0 Å². The number of aromatic nitrogens is 2. The van der Waals surface area contributed by atoms with E-state index >= 15 is 0 Å². The number of nitrogens with zero attached hydrogens (tertiary/aromatic N) is 3. The minimum absolute atomic E-state index is 0.0637. The Morgan fingerprint density at radius 2 is 2.05 bits per heavy atom. The molecule has 0 aliphatic heterocycles. The number of esters is 1. The molecular weight excluding hydrogens is 278 g/mol. The van der Waals surface area contributed by atoms with Gasteiger partial charge in [-0.05, 0) is 51.0 Å². The lowest BCUT2D eigenvalue weighted by molar-refractivity contribution is -0.155. The van der Waals surface area contributed by atoms with E-state index in [2.05, 4.69) is 11.2 Å². The Hall–Kier alpha value is -2.61. The van der Waals surface area contributed by atoms with Crippen LogP contribution >= 0.6 is 0 Å². The Labute approximate surface area is 130 Å². The van der Waals surface area contributed by atoms with Crippen LogP contribution in [0.2, 0.25) is 0 Å². The third-order valence-electron chi connectivity index (χ3n) is 2.88. The van der Waals surface area contributed by atoms with Gasteiger partial charge in [0.1, 0.15) is 12.1 Å². The fourth-order valence-corrected chi connectivity index (χ4v) is 2.12. The molecule has 0 aliphatic rings. The highest BCUT2D eigenvalue weighted by Crippen LogP contribution is 2.21. The van der Waals surface area contributed by atoms with E-state index in [0.29, 0.717) is 5.56 Å². The lowest BCUT2D eigenvalue weighted by atomic mass is 10.0. The summed E-state index contributed by atoms with van der Waals surface area (Å²) in [6.45, 7) is 7.49. The second kappa shape index (κ2) is 6.02. The van der Waals surface area contributed by atoms with Gasteiger partial charge >= 0.3 is 5.97 Å². The summed E-state index contributed by atoms with van der Waals surface area (Å²) in [6, 6.07) is 7.76. The minimum atomic E-state index is -0.509. The standard InChI is InChI=1S/C17H19N3O2/c1-12-5-13(8-18)7-14(6-12)15-9-19-20(10-15)11-16(21)22-17(2,3)4/h5-7,9-10H,11H2,1-4H3. The molecule has 114 valence electrons. The topological polar surface area (TPSA) is 67.9 Å². The van der Waals surface area contributed by atoms with Crippen LogP contribution in [-0.4, -0.2) is 21.4 Å². The molecule has 5 heteroatoms. The van der Waals surface area contributed by atoms with E-state index in [0.717, 1.165) is 16.7 Å². The summed E-state index contributed by atoms with van der Waals surface area (Å²) in [5, 5.41) is 13.2. The van der Waals surface area contributed by atoms with E-state index < -0.39 is 5.60 Å². The molecule has 0 fully saturated rings. The van der Waals surface area contributed by atoms with Gasteiger partial charge < -0.3 is 4.74 Å². The highest BCUT2D eigenvalue weighted by molar-refractivity contribution is 5.70. The van der Waals surface area contributed by atoms with E-state index in [9.17, 15) is 4.79 Å². The predicted octanol–water partition coefficient (Wildman–Crippen LogP) is 3.07. The first-order valence-corrected chi connectivity index (χ1v) is 7.03. The van der Waals surface area contributed by atoms with Gasteiger partial charge in [-0.25, -0.2) is 0 Å². The monoisotopic (exact) mass is 297 g/mol. The first-order chi connectivity index (χ1) is 10.3. The molecule has 0 radical (unpaired) electrons. The van der Waals surface area contributed by atoms with Crippen LogP contribution < -0.4 is 0 Å². The van der Waals surface area contributed by atoms with Crippen molar-refractivity contribution in [3.05, 3.63) is 41.7 Å². The highest BCUT2D eigenvalue weighted by atomic mass is 16.6. The Morgan fingerprint density at radius 1 is 1.32 bits per heavy atom. The summed E-state index contributed by atoms with van der Waals surface area (Å²) in [6.07, 6.45) is 3.46. The molecule has 2 rings (SSSR count). The molecule has 1 heterocycles. The Balaban J connectivity index is 2.17. The lowest BCUT2D eigenvalue weighted by Crippen LogP contribution is -2.26. The molecule has 0 aliphatic carbocycles. The Bertz CT molecular complexity index is 733. The smallest absolute Gasteiger partial charge is 0.328 e. The zero-order valence-electron chi connectivity index (χ0n) is 13.3. The van der Waals surface area contributed by atoms with Gasteiger partial charge in [-0.1, -0.05) is 6.07 Å². The predicted molar refractivity (Wildman–Crippen MR) is 83.0 cm³/mol. The van der Waals surface area contributed by atoms with Gasteiger partial charge in [-0.3, -0.25) is 9.48 Å². The first-order valence-electron chi connectivity index (χ1n) is 7.03. The summed E-state index contributed by atoms with van der Waals surface area (Å²) >= 11 is 0. The van der Waals surface area contributed by atoms with Crippen molar-refractivity contribution in [2.24, 2.45) is 0 Å². The third-order valence-corrected chi connectivity index (χ3v) is 2.88. The van der Waals surface area contributed by atoms with Crippen molar-refractivity contribution < 1.29 is 9.53 Å². The Kier molecular flexibility index (Phi) is 4.32. The van der Waals surface area contributed by atoms with Crippen molar-refractivity contribution in [1.29, 1.82) is 5.26 Å². The Morgan fingerprint density at radius 3 is 2.68 bits per heavy atom. The first kappa shape index (κ1) is 15.8. The van der Waals surface area contributed by atoms with Gasteiger partial charge in [0.25, 0.3) is 0 Å². The quantitative estimate of drug-likeness (QED) is 0.816. The molecule has 0 N–H and O–H groups in total. The fourth-order valence-electron chi connectivity index (χ4n) is 2.12. The van der Waals surface area contributed by atoms with Crippen LogP contribution in [0.4, 0.5) is 0 Å². The number of nitriles is 1. The normalized spacial score (nSPS) is 11.0. The van der Waals surface area contributed by atoms with Gasteiger partial charge in [-0.2, -0.15) is 10.4 Å². The minimum Gasteiger partial charge on any atom is -0.459 e. The van der Waals surface area contributed by atoms with Crippen LogP contribution in [0.5, 0.6) is 0 Å². The number of rotatable bonds is 3. The van der Waals surface area contributed by atoms with Gasteiger partial charge in [0, 0.05) is 11.8 Å². The van der Waals surface area contributed by atoms with Gasteiger partial charge in [-0.15, -0.1) is 0 Å². The lowest BCUT2D eigenvalue weighted by Gasteiger charge is -2.19. The summed E-state index contributed by atoms with van der Waals surface area (Å²) in [5.74, 6) is -0.330. The summed E-state index contributed by atoms with van der Waals surface area (Å²) in [4.78, 5) is 11.8. The molecule has 0 saturated carbocycles. The van der Waals surface area contributed by atoms with Crippen LogP contribution in [0.15, 0.2) is 30.6 Å². The number of ether oxygens (including phenoxy) is 1. The molecule has 0 amide bonds. The zero-order chi connectivity index (χ0) is 16.3. The molecule has 0 bridgehead atoms. The summed E-state index contributed by atoms with van der Waals surface area (Å²) in [5.41, 5.74) is 2.88. The van der Waals surface area contributed by atoms with Crippen molar-refractivity contribution in [2.75, 3.05) is 0 Å². The van der Waals surface area contributed by atoms with E-state index in [1.54, 1.807) is 12.4 Å². The van der Waals surface area contributed by atoms with Crippen LogP contribution in [0, 0.1) is 18.3 Å². The number of carbonyl (C=O) groups is 1. The molecule has 0 saturated heterocycles. The number of hydrogen-bond acceptors (Lipinski definition) is 4. The van der Waals surface area contributed by atoms with Crippen LogP contribution in [0.1, 0.15) is 31.9 Å². The molecule has 0 unspecified atom stereocenters. The van der Waals surface area contributed by atoms with Gasteiger partial charge in [0.05, 0.1) is 17.8 Å². The largest absolute Gasteiger partial charge is 0.459 e. The third kappa shape index (κ3) is 4.19. The SMILES string of the molecule is Cc1cc(C#N)cc(-c2cnn(CC(=O)OC(C)(C)C)c2)c1. The summed E-state index contributed by atoms with van der Waals surface area (Å²) in [7, 11) is 0.